The first kappa shape index (κ1) is 47.2. The van der Waals surface area contributed by atoms with Crippen LogP contribution in [0.2, 0.25) is 0 Å². The Hall–Kier alpha value is -6.20. The van der Waals surface area contributed by atoms with Crippen LogP contribution in [0.1, 0.15) is 70.4 Å². The molecule has 0 aromatic heterocycles. The van der Waals surface area contributed by atoms with Crippen molar-refractivity contribution >= 4 is 47.5 Å². The molecule has 322 valence electrons. The molecule has 1 saturated heterocycles. The minimum Gasteiger partial charge on any atom is -0.508 e. The summed E-state index contributed by atoms with van der Waals surface area (Å²) in [5, 5.41) is 35.2. The molecular weight excluding hydrogens is 766 g/mol. The van der Waals surface area contributed by atoms with Gasteiger partial charge in [0.2, 0.25) is 29.5 Å². The fraction of sp³-hybridized carbons (Fsp3) is 0.512. The lowest BCUT2D eigenvalue weighted by Gasteiger charge is -2.31. The summed E-state index contributed by atoms with van der Waals surface area (Å²) in [6.07, 6.45) is 0.508. The lowest BCUT2D eigenvalue weighted by Crippen LogP contribution is -2.60. The zero-order valence-electron chi connectivity index (χ0n) is 34.1. The third-order valence-corrected chi connectivity index (χ3v) is 10.1. The summed E-state index contributed by atoms with van der Waals surface area (Å²) in [6, 6.07) is 7.03. The van der Waals surface area contributed by atoms with Crippen molar-refractivity contribution in [3.63, 3.8) is 0 Å². The van der Waals surface area contributed by atoms with Crippen LogP contribution in [-0.2, 0) is 51.1 Å². The van der Waals surface area contributed by atoms with Crippen LogP contribution in [-0.4, -0.2) is 120 Å². The number of carboxylic acid groups (broad SMARTS) is 1. The number of amides is 7. The van der Waals surface area contributed by atoms with Gasteiger partial charge in [0.25, 0.3) is 0 Å². The summed E-state index contributed by atoms with van der Waals surface area (Å²) in [6.45, 7) is 4.98. The van der Waals surface area contributed by atoms with E-state index in [1.165, 1.54) is 31.0 Å². The van der Waals surface area contributed by atoms with E-state index in [4.69, 9.17) is 0 Å². The Balaban J connectivity index is 1.96. The minimum absolute atomic E-state index is 0.00167. The second-order valence-electron chi connectivity index (χ2n) is 14.8. The third-order valence-electron chi connectivity index (χ3n) is 10.1. The van der Waals surface area contributed by atoms with Crippen molar-refractivity contribution < 1.29 is 53.3 Å². The lowest BCUT2D eigenvalue weighted by molar-refractivity contribution is -0.142. The molecule has 0 bridgehead atoms. The predicted octanol–water partition coefficient (Wildman–Crippen LogP) is 0.899. The smallest absolute Gasteiger partial charge is 0.326 e. The predicted molar refractivity (Wildman–Crippen MR) is 214 cm³/mol. The largest absolute Gasteiger partial charge is 0.508 e. The molecule has 59 heavy (non-hydrogen) atoms. The summed E-state index contributed by atoms with van der Waals surface area (Å²) in [5.74, 6) is -5.77. The molecule has 0 saturated carbocycles. The molecule has 1 heterocycles. The molecule has 1 fully saturated rings. The monoisotopic (exact) mass is 823 g/mol. The number of esters is 1. The van der Waals surface area contributed by atoms with Crippen LogP contribution in [0.4, 0.5) is 4.79 Å². The van der Waals surface area contributed by atoms with Crippen LogP contribution in [0, 0.1) is 5.92 Å². The van der Waals surface area contributed by atoms with Gasteiger partial charge in [0, 0.05) is 26.4 Å². The number of ether oxygens (including phenoxy) is 1. The van der Waals surface area contributed by atoms with Crippen LogP contribution in [0.15, 0.2) is 54.6 Å². The van der Waals surface area contributed by atoms with Gasteiger partial charge >= 0.3 is 18.0 Å². The lowest BCUT2D eigenvalue weighted by atomic mass is 9.99. The Bertz CT molecular complexity index is 1770. The van der Waals surface area contributed by atoms with Gasteiger partial charge in [0.15, 0.2) is 0 Å². The number of hydrogen-bond donors (Lipinski definition) is 8. The number of aromatic hydroxyl groups is 1. The molecule has 0 aliphatic carbocycles. The second kappa shape index (κ2) is 23.3. The Labute approximate surface area is 343 Å². The Morgan fingerprint density at radius 2 is 1.53 bits per heavy atom. The molecule has 0 spiro atoms. The number of carbonyl (C=O) groups excluding carboxylic acids is 7. The first-order valence-corrected chi connectivity index (χ1v) is 19.6. The topological polar surface area (TPSA) is 262 Å². The van der Waals surface area contributed by atoms with Crippen LogP contribution < -0.4 is 31.9 Å². The Kier molecular flexibility index (Phi) is 18.6. The molecule has 3 unspecified atom stereocenters. The zero-order chi connectivity index (χ0) is 43.6. The highest BCUT2D eigenvalue weighted by molar-refractivity contribution is 5.96. The number of nitrogens with one attached hydrogen (secondary N) is 6. The van der Waals surface area contributed by atoms with E-state index in [1.807, 2.05) is 18.2 Å². The quantitative estimate of drug-likeness (QED) is 0.140. The molecular formula is C41H57N7O11. The van der Waals surface area contributed by atoms with Gasteiger partial charge in [-0.15, -0.1) is 0 Å². The average molecular weight is 824 g/mol. The molecule has 3 rings (SSSR count). The molecule has 18 nitrogen and oxygen atoms in total. The fourth-order valence-electron chi connectivity index (χ4n) is 6.30. The summed E-state index contributed by atoms with van der Waals surface area (Å²) in [4.78, 5) is 107. The number of aryl methyl sites for hydroxylation is 1. The minimum atomic E-state index is -1.49. The van der Waals surface area contributed by atoms with Crippen LogP contribution in [0.25, 0.3) is 0 Å². The van der Waals surface area contributed by atoms with Gasteiger partial charge in [0.1, 0.15) is 42.0 Å². The van der Waals surface area contributed by atoms with E-state index >= 15 is 0 Å². The van der Waals surface area contributed by atoms with Gasteiger partial charge in [-0.05, 0) is 74.6 Å². The maximum atomic E-state index is 14.2. The SMILES string of the molecule is COC(=O)CC[C@H](NC(=O)NC1CCCCNC(=O)C(Cc2ccccc2)NC(=O)[C@H](C)N(C)C(=O)[C@H](CCc2ccc(O)cc2)NC(=O)C(C(C)C)NC1=O)C(=O)O. The van der Waals surface area contributed by atoms with E-state index in [1.54, 1.807) is 38.1 Å². The second-order valence-corrected chi connectivity index (χ2v) is 14.8. The van der Waals surface area contributed by atoms with Crippen molar-refractivity contribution in [2.24, 2.45) is 5.92 Å². The van der Waals surface area contributed by atoms with Crippen molar-refractivity contribution in [1.29, 1.82) is 0 Å². The van der Waals surface area contributed by atoms with Gasteiger partial charge < -0.3 is 51.8 Å². The molecule has 8 N–H and O–H groups in total. The molecule has 2 aromatic rings. The summed E-state index contributed by atoms with van der Waals surface area (Å²) < 4.78 is 4.56. The third kappa shape index (κ3) is 15.2. The first-order chi connectivity index (χ1) is 28.0. The highest BCUT2D eigenvalue weighted by atomic mass is 16.5. The zero-order valence-corrected chi connectivity index (χ0v) is 34.1. The number of carbonyl (C=O) groups is 8. The van der Waals surface area contributed by atoms with Gasteiger partial charge in [0.05, 0.1) is 7.11 Å². The molecule has 18 heteroatoms. The van der Waals surface area contributed by atoms with Gasteiger partial charge in [-0.1, -0.05) is 56.3 Å². The Morgan fingerprint density at radius 3 is 2.15 bits per heavy atom. The van der Waals surface area contributed by atoms with E-state index in [-0.39, 0.29) is 57.2 Å². The number of carboxylic acids is 1. The normalized spacial score (nSPS) is 22.0. The van der Waals surface area contributed by atoms with E-state index in [0.29, 0.717) is 6.42 Å². The van der Waals surface area contributed by atoms with E-state index in [2.05, 4.69) is 36.6 Å². The number of phenols is 1. The van der Waals surface area contributed by atoms with Gasteiger partial charge in [-0.3, -0.25) is 28.8 Å². The molecule has 1 aliphatic rings. The maximum Gasteiger partial charge on any atom is 0.326 e. The van der Waals surface area contributed by atoms with Crippen molar-refractivity contribution in [2.75, 3.05) is 20.7 Å². The van der Waals surface area contributed by atoms with Crippen LogP contribution >= 0.6 is 0 Å². The molecule has 6 atom stereocenters. The van der Waals surface area contributed by atoms with Gasteiger partial charge in [-0.25, -0.2) is 9.59 Å². The summed E-state index contributed by atoms with van der Waals surface area (Å²) >= 11 is 0. The van der Waals surface area contributed by atoms with Crippen molar-refractivity contribution in [3.8, 4) is 5.75 Å². The number of nitrogens with zero attached hydrogens (tertiary/aromatic N) is 1. The van der Waals surface area contributed by atoms with E-state index < -0.39 is 89.7 Å². The number of likely N-dealkylation sites (N-methyl/N-ethyl adjacent to an activating group) is 1. The van der Waals surface area contributed by atoms with Crippen molar-refractivity contribution in [2.45, 2.75) is 108 Å². The number of aliphatic carboxylic acids is 1. The average Bonchev–Trinajstić information content (AvgIpc) is 3.21. The van der Waals surface area contributed by atoms with E-state index in [0.717, 1.165) is 18.2 Å². The highest BCUT2D eigenvalue weighted by Gasteiger charge is 2.35. The molecule has 7 amide bonds. The highest BCUT2D eigenvalue weighted by Crippen LogP contribution is 2.15. The maximum absolute atomic E-state index is 14.2. The summed E-state index contributed by atoms with van der Waals surface area (Å²) in [5.41, 5.74) is 1.52. The fourth-order valence-corrected chi connectivity index (χ4v) is 6.30. The van der Waals surface area contributed by atoms with Crippen molar-refractivity contribution in [1.82, 2.24) is 36.8 Å². The first-order valence-electron chi connectivity index (χ1n) is 19.6. The Morgan fingerprint density at radius 1 is 0.864 bits per heavy atom. The summed E-state index contributed by atoms with van der Waals surface area (Å²) in [7, 11) is 2.55. The molecule has 0 radical (unpaired) electrons. The van der Waals surface area contributed by atoms with Gasteiger partial charge in [-0.2, -0.15) is 0 Å². The number of rotatable bonds is 12. The number of benzene rings is 2. The molecule has 1 aliphatic heterocycles. The standard InChI is InChI=1S/C41H57N7O11/c1-24(2)34-38(54)43-30(19-16-26-14-17-28(49)18-15-26)39(55)48(4)25(3)35(51)44-32(23-27-11-7-6-8-12-27)36(52)42-22-10-9-13-29(37(53)47-34)45-41(58)46-31(40(56)57)20-21-33(50)59-5/h6-8,11-12,14-15,17-18,24-25,29-32,34,49H,9-10,13,16,19-23H2,1-5H3,(H,42,52)(H,43,54)(H,44,51)(H,47,53)(H,56,57)(H2,45,46,58)/t25-,29?,30-,31-,32?,34?/m0/s1. The molecule has 2 aromatic carbocycles. The van der Waals surface area contributed by atoms with Crippen molar-refractivity contribution in [3.05, 3.63) is 65.7 Å². The number of methoxy groups -OCH3 is 1. The number of hydrogen-bond acceptors (Lipinski definition) is 10. The van der Waals surface area contributed by atoms with Crippen LogP contribution in [0.5, 0.6) is 5.75 Å². The number of urea groups is 1. The van der Waals surface area contributed by atoms with E-state index in [9.17, 15) is 48.6 Å². The van der Waals surface area contributed by atoms with Crippen LogP contribution in [0.3, 0.4) is 0 Å². The number of phenolic OH excluding ortho intramolecular Hbond substituents is 1.